The van der Waals surface area contributed by atoms with Gasteiger partial charge in [0.05, 0.1) is 7.11 Å². The summed E-state index contributed by atoms with van der Waals surface area (Å²) >= 11 is 0. The fourth-order valence-corrected chi connectivity index (χ4v) is 2.24. The smallest absolute Gasteiger partial charge is 0.169 e. The van der Waals surface area contributed by atoms with Gasteiger partial charge in [-0.25, -0.2) is 4.39 Å². The molecule has 0 aliphatic rings. The Bertz CT molecular complexity index is 584. The summed E-state index contributed by atoms with van der Waals surface area (Å²) in [7, 11) is 1.48. The Hall–Kier alpha value is -2.07. The van der Waals surface area contributed by atoms with Gasteiger partial charge in [-0.2, -0.15) is 0 Å². The van der Waals surface area contributed by atoms with Crippen molar-refractivity contribution in [2.45, 2.75) is 20.0 Å². The lowest BCUT2D eigenvalue weighted by molar-refractivity contribution is 0.265. The molecule has 0 unspecified atom stereocenters. The Balaban J connectivity index is 2.10. The number of nitrogen functional groups attached to an aromatic ring is 1. The first kappa shape index (κ1) is 15.3. The minimum atomic E-state index is -0.282. The topological polar surface area (TPSA) is 38.5 Å². The van der Waals surface area contributed by atoms with E-state index in [1.165, 1.54) is 7.11 Å². The zero-order chi connectivity index (χ0) is 15.2. The predicted octanol–water partition coefficient (Wildman–Crippen LogP) is 3.44. The maximum atomic E-state index is 14.2. The van der Waals surface area contributed by atoms with Crippen LogP contribution < -0.4 is 10.5 Å². The largest absolute Gasteiger partial charge is 0.494 e. The van der Waals surface area contributed by atoms with Crippen LogP contribution in [0.15, 0.2) is 42.5 Å². The molecule has 0 bridgehead atoms. The zero-order valence-electron chi connectivity index (χ0n) is 12.5. The van der Waals surface area contributed by atoms with Crippen molar-refractivity contribution in [2.75, 3.05) is 19.4 Å². The fraction of sp³-hybridized carbons (Fsp3) is 0.294. The first-order chi connectivity index (χ1) is 10.1. The third-order valence-corrected chi connectivity index (χ3v) is 3.49. The molecule has 4 heteroatoms. The van der Waals surface area contributed by atoms with E-state index in [9.17, 15) is 4.39 Å². The SMILES string of the molecule is CCN(Cc1ccc(N)cc1)Cc1cccc(OC)c1F. The van der Waals surface area contributed by atoms with Crippen molar-refractivity contribution in [2.24, 2.45) is 0 Å². The number of nitrogens with zero attached hydrogens (tertiary/aromatic N) is 1. The minimum absolute atomic E-state index is 0.282. The normalized spacial score (nSPS) is 10.9. The number of anilines is 1. The monoisotopic (exact) mass is 288 g/mol. The highest BCUT2D eigenvalue weighted by atomic mass is 19.1. The van der Waals surface area contributed by atoms with Crippen LogP contribution >= 0.6 is 0 Å². The summed E-state index contributed by atoms with van der Waals surface area (Å²) in [6.07, 6.45) is 0. The Labute approximate surface area is 125 Å². The van der Waals surface area contributed by atoms with Crippen molar-refractivity contribution < 1.29 is 9.13 Å². The van der Waals surface area contributed by atoms with Crippen LogP contribution in [0.25, 0.3) is 0 Å². The van der Waals surface area contributed by atoms with Gasteiger partial charge in [0, 0.05) is 24.3 Å². The Morgan fingerprint density at radius 1 is 1.10 bits per heavy atom. The summed E-state index contributed by atoms with van der Waals surface area (Å²) in [5.41, 5.74) is 8.25. The molecule has 0 saturated carbocycles. The maximum absolute atomic E-state index is 14.2. The van der Waals surface area contributed by atoms with E-state index >= 15 is 0 Å². The number of rotatable bonds is 6. The van der Waals surface area contributed by atoms with E-state index in [-0.39, 0.29) is 11.6 Å². The second kappa shape index (κ2) is 7.09. The van der Waals surface area contributed by atoms with E-state index in [1.807, 2.05) is 30.3 Å². The van der Waals surface area contributed by atoms with E-state index in [1.54, 1.807) is 12.1 Å². The van der Waals surface area contributed by atoms with Gasteiger partial charge in [0.1, 0.15) is 0 Å². The fourth-order valence-electron chi connectivity index (χ4n) is 2.24. The van der Waals surface area contributed by atoms with Crippen LogP contribution in [0, 0.1) is 5.82 Å². The highest BCUT2D eigenvalue weighted by Crippen LogP contribution is 2.21. The van der Waals surface area contributed by atoms with Crippen molar-refractivity contribution >= 4 is 5.69 Å². The van der Waals surface area contributed by atoms with Gasteiger partial charge < -0.3 is 10.5 Å². The first-order valence-electron chi connectivity index (χ1n) is 7.02. The van der Waals surface area contributed by atoms with Crippen molar-refractivity contribution in [3.05, 3.63) is 59.4 Å². The number of ether oxygens (including phenoxy) is 1. The Morgan fingerprint density at radius 2 is 1.81 bits per heavy atom. The highest BCUT2D eigenvalue weighted by Gasteiger charge is 2.12. The van der Waals surface area contributed by atoms with Gasteiger partial charge in [0.15, 0.2) is 11.6 Å². The van der Waals surface area contributed by atoms with Crippen LogP contribution in [0.5, 0.6) is 5.75 Å². The first-order valence-corrected chi connectivity index (χ1v) is 7.02. The van der Waals surface area contributed by atoms with E-state index < -0.39 is 0 Å². The molecule has 0 aliphatic heterocycles. The molecule has 0 spiro atoms. The second-order valence-electron chi connectivity index (χ2n) is 4.98. The average Bonchev–Trinajstić information content (AvgIpc) is 2.50. The average molecular weight is 288 g/mol. The van der Waals surface area contributed by atoms with Crippen LogP contribution in [0.1, 0.15) is 18.1 Å². The van der Waals surface area contributed by atoms with E-state index in [0.717, 1.165) is 24.3 Å². The molecule has 0 heterocycles. The number of nitrogens with two attached hydrogens (primary N) is 1. The molecule has 0 atom stereocenters. The van der Waals surface area contributed by atoms with Gasteiger partial charge in [0.25, 0.3) is 0 Å². The lowest BCUT2D eigenvalue weighted by Gasteiger charge is -2.21. The van der Waals surface area contributed by atoms with Crippen LogP contribution in [0.3, 0.4) is 0 Å². The molecule has 0 amide bonds. The van der Waals surface area contributed by atoms with Gasteiger partial charge in [0.2, 0.25) is 0 Å². The van der Waals surface area contributed by atoms with E-state index in [0.29, 0.717) is 12.1 Å². The van der Waals surface area contributed by atoms with Gasteiger partial charge in [-0.15, -0.1) is 0 Å². The highest BCUT2D eigenvalue weighted by molar-refractivity contribution is 5.39. The van der Waals surface area contributed by atoms with E-state index in [4.69, 9.17) is 10.5 Å². The van der Waals surface area contributed by atoms with Gasteiger partial charge in [-0.05, 0) is 30.3 Å². The standard InChI is InChI=1S/C17H21FN2O/c1-3-20(11-13-7-9-15(19)10-8-13)12-14-5-4-6-16(21-2)17(14)18/h4-10H,3,11-12,19H2,1-2H3. The van der Waals surface area contributed by atoms with Gasteiger partial charge in [-0.3, -0.25) is 4.90 Å². The molecule has 0 aliphatic carbocycles. The number of methoxy groups -OCH3 is 1. The van der Waals surface area contributed by atoms with Gasteiger partial charge >= 0.3 is 0 Å². The summed E-state index contributed by atoms with van der Waals surface area (Å²) in [6, 6.07) is 13.0. The molecule has 0 fully saturated rings. The summed E-state index contributed by atoms with van der Waals surface area (Å²) < 4.78 is 19.2. The molecule has 0 aromatic heterocycles. The second-order valence-corrected chi connectivity index (χ2v) is 4.98. The Morgan fingerprint density at radius 3 is 2.43 bits per heavy atom. The number of hydrogen-bond donors (Lipinski definition) is 1. The quantitative estimate of drug-likeness (QED) is 0.828. The Kier molecular flexibility index (Phi) is 5.17. The number of halogens is 1. The summed E-state index contributed by atoms with van der Waals surface area (Å²) in [5.74, 6) is 0.00629. The molecule has 0 saturated heterocycles. The molecular formula is C17H21FN2O. The summed E-state index contributed by atoms with van der Waals surface area (Å²) in [5, 5.41) is 0. The lowest BCUT2D eigenvalue weighted by Crippen LogP contribution is -2.23. The summed E-state index contributed by atoms with van der Waals surface area (Å²) in [4.78, 5) is 2.17. The molecular weight excluding hydrogens is 267 g/mol. The minimum Gasteiger partial charge on any atom is -0.494 e. The van der Waals surface area contributed by atoms with Crippen molar-refractivity contribution in [1.29, 1.82) is 0 Å². The summed E-state index contributed by atoms with van der Waals surface area (Å²) in [6.45, 7) is 4.20. The molecule has 2 aromatic carbocycles. The third-order valence-electron chi connectivity index (χ3n) is 3.49. The van der Waals surface area contributed by atoms with E-state index in [2.05, 4.69) is 11.8 Å². The molecule has 0 radical (unpaired) electrons. The van der Waals surface area contributed by atoms with Crippen molar-refractivity contribution in [1.82, 2.24) is 4.90 Å². The number of hydrogen-bond acceptors (Lipinski definition) is 3. The molecule has 2 rings (SSSR count). The molecule has 112 valence electrons. The maximum Gasteiger partial charge on any atom is 0.169 e. The molecule has 21 heavy (non-hydrogen) atoms. The van der Waals surface area contributed by atoms with Crippen LogP contribution in [0.2, 0.25) is 0 Å². The van der Waals surface area contributed by atoms with Crippen molar-refractivity contribution in [3.8, 4) is 5.75 Å². The van der Waals surface area contributed by atoms with Gasteiger partial charge in [-0.1, -0.05) is 31.2 Å². The number of benzene rings is 2. The van der Waals surface area contributed by atoms with Crippen LogP contribution in [-0.2, 0) is 13.1 Å². The predicted molar refractivity (Wildman–Crippen MR) is 83.6 cm³/mol. The van der Waals surface area contributed by atoms with Crippen molar-refractivity contribution in [3.63, 3.8) is 0 Å². The molecule has 3 nitrogen and oxygen atoms in total. The molecule has 2 N–H and O–H groups in total. The zero-order valence-corrected chi connectivity index (χ0v) is 12.5. The third kappa shape index (κ3) is 3.95. The van der Waals surface area contributed by atoms with Crippen LogP contribution in [-0.4, -0.2) is 18.6 Å². The molecule has 2 aromatic rings. The van der Waals surface area contributed by atoms with Crippen LogP contribution in [0.4, 0.5) is 10.1 Å². The lowest BCUT2D eigenvalue weighted by atomic mass is 10.1.